The normalized spacial score (nSPS) is 27.8. The number of hydrogen-bond acceptors (Lipinski definition) is 4. The first-order valence-electron chi connectivity index (χ1n) is 9.45. The highest BCUT2D eigenvalue weighted by Gasteiger charge is 2.51. The zero-order chi connectivity index (χ0) is 18.1. The Bertz CT molecular complexity index is 846. The molecule has 2 bridgehead atoms. The fourth-order valence-corrected chi connectivity index (χ4v) is 4.10. The van der Waals surface area contributed by atoms with Crippen LogP contribution in [0.4, 0.5) is 0 Å². The molecular formula is C21H24BNO3. The molecule has 4 nitrogen and oxygen atoms in total. The van der Waals surface area contributed by atoms with E-state index in [4.69, 9.17) is 14.0 Å². The van der Waals surface area contributed by atoms with Crippen molar-refractivity contribution in [2.45, 2.75) is 63.9 Å². The van der Waals surface area contributed by atoms with E-state index in [-0.39, 0.29) is 24.4 Å². The molecule has 5 heteroatoms. The van der Waals surface area contributed by atoms with Crippen LogP contribution < -0.4 is 5.46 Å². The molecule has 2 fully saturated rings. The van der Waals surface area contributed by atoms with Crippen molar-refractivity contribution in [2.75, 3.05) is 0 Å². The van der Waals surface area contributed by atoms with Crippen molar-refractivity contribution in [3.05, 3.63) is 47.7 Å². The molecule has 0 saturated carbocycles. The van der Waals surface area contributed by atoms with E-state index in [2.05, 4.69) is 63.0 Å². The molecule has 134 valence electrons. The van der Waals surface area contributed by atoms with Gasteiger partial charge in [-0.3, -0.25) is 4.98 Å². The molecule has 0 spiro atoms. The molecule has 2 atom stereocenters. The molecule has 4 heterocycles. The molecule has 3 aliphatic heterocycles. The van der Waals surface area contributed by atoms with Crippen molar-refractivity contribution in [3.8, 4) is 11.3 Å². The Morgan fingerprint density at radius 2 is 1.62 bits per heavy atom. The summed E-state index contributed by atoms with van der Waals surface area (Å²) >= 11 is 0. The van der Waals surface area contributed by atoms with Crippen molar-refractivity contribution in [2.24, 2.45) is 0 Å². The van der Waals surface area contributed by atoms with Gasteiger partial charge >= 0.3 is 7.12 Å². The maximum absolute atomic E-state index is 6.11. The third kappa shape index (κ3) is 2.38. The van der Waals surface area contributed by atoms with Crippen LogP contribution in [0, 0.1) is 0 Å². The molecule has 1 aromatic carbocycles. The van der Waals surface area contributed by atoms with Gasteiger partial charge in [-0.1, -0.05) is 18.2 Å². The van der Waals surface area contributed by atoms with Crippen molar-refractivity contribution in [1.29, 1.82) is 0 Å². The summed E-state index contributed by atoms with van der Waals surface area (Å²) in [5.41, 5.74) is 5.09. The van der Waals surface area contributed by atoms with Crippen LogP contribution in [-0.2, 0) is 14.0 Å². The maximum Gasteiger partial charge on any atom is 0.496 e. The van der Waals surface area contributed by atoms with E-state index in [1.165, 1.54) is 11.1 Å². The van der Waals surface area contributed by atoms with Gasteiger partial charge in [0, 0.05) is 17.2 Å². The number of pyridine rings is 1. The smallest absolute Gasteiger partial charge is 0.399 e. The van der Waals surface area contributed by atoms with Crippen LogP contribution in [0.15, 0.2) is 36.5 Å². The zero-order valence-corrected chi connectivity index (χ0v) is 15.8. The topological polar surface area (TPSA) is 40.6 Å². The van der Waals surface area contributed by atoms with E-state index < -0.39 is 0 Å². The van der Waals surface area contributed by atoms with Crippen LogP contribution in [0.2, 0.25) is 0 Å². The molecule has 1 aromatic heterocycles. The Kier molecular flexibility index (Phi) is 3.43. The van der Waals surface area contributed by atoms with Crippen LogP contribution in [0.5, 0.6) is 0 Å². The summed E-state index contributed by atoms with van der Waals surface area (Å²) in [6.07, 6.45) is 4.74. The van der Waals surface area contributed by atoms with Crippen LogP contribution in [0.25, 0.3) is 11.3 Å². The summed E-state index contributed by atoms with van der Waals surface area (Å²) in [4.78, 5) is 4.68. The lowest BCUT2D eigenvalue weighted by Crippen LogP contribution is -2.41. The second-order valence-electron chi connectivity index (χ2n) is 8.60. The number of nitrogens with zero attached hydrogens (tertiary/aromatic N) is 1. The minimum atomic E-state index is -0.370. The average Bonchev–Trinajstić information content (AvgIpc) is 3.28. The van der Waals surface area contributed by atoms with Gasteiger partial charge in [-0.15, -0.1) is 0 Å². The summed E-state index contributed by atoms with van der Waals surface area (Å²) < 4.78 is 18.2. The standard InChI is InChI=1S/C21H24BNO3/c1-20(2)21(3,4)26-22(25-20)14-6-8-17(23-12-14)13-5-7-15-16(11-13)19-10-9-18(15)24-19/h5-8,11-12,18-19H,9-10H2,1-4H3. The molecule has 5 rings (SSSR count). The molecule has 0 radical (unpaired) electrons. The molecular weight excluding hydrogens is 325 g/mol. The summed E-state index contributed by atoms with van der Waals surface area (Å²) in [5.74, 6) is 0. The van der Waals surface area contributed by atoms with Crippen molar-refractivity contribution >= 4 is 12.6 Å². The monoisotopic (exact) mass is 349 g/mol. The van der Waals surface area contributed by atoms with Gasteiger partial charge in [-0.05, 0) is 63.8 Å². The molecule has 2 unspecified atom stereocenters. The number of benzene rings is 1. The third-order valence-electron chi connectivity index (χ3n) is 6.41. The number of fused-ring (bicyclic) bond motifs is 5. The highest BCUT2D eigenvalue weighted by atomic mass is 16.7. The molecule has 2 saturated heterocycles. The van der Waals surface area contributed by atoms with Crippen molar-refractivity contribution in [3.63, 3.8) is 0 Å². The zero-order valence-electron chi connectivity index (χ0n) is 15.8. The van der Waals surface area contributed by atoms with E-state index in [1.54, 1.807) is 0 Å². The molecule has 0 aliphatic carbocycles. The summed E-state index contributed by atoms with van der Waals surface area (Å²) in [6, 6.07) is 10.7. The Labute approximate surface area is 155 Å². The minimum absolute atomic E-state index is 0.277. The van der Waals surface area contributed by atoms with Crippen molar-refractivity contribution < 1.29 is 14.0 Å². The number of aromatic nitrogens is 1. The fourth-order valence-electron chi connectivity index (χ4n) is 4.10. The lowest BCUT2D eigenvalue weighted by molar-refractivity contribution is 0.00578. The van der Waals surface area contributed by atoms with Gasteiger partial charge in [0.25, 0.3) is 0 Å². The SMILES string of the molecule is CC1(C)OB(c2ccc(-c3ccc4c(c3)C3CCC4O3)nc2)OC1(C)C. The predicted molar refractivity (Wildman–Crippen MR) is 101 cm³/mol. The Morgan fingerprint density at radius 3 is 2.27 bits per heavy atom. The van der Waals surface area contributed by atoms with Crippen LogP contribution >= 0.6 is 0 Å². The number of hydrogen-bond donors (Lipinski definition) is 0. The number of ether oxygens (including phenoxy) is 1. The minimum Gasteiger partial charge on any atom is -0.399 e. The van der Waals surface area contributed by atoms with Crippen LogP contribution in [-0.4, -0.2) is 23.3 Å². The van der Waals surface area contributed by atoms with Gasteiger partial charge < -0.3 is 14.0 Å². The Morgan fingerprint density at radius 1 is 0.923 bits per heavy atom. The average molecular weight is 349 g/mol. The van der Waals surface area contributed by atoms with Gasteiger partial charge in [0.05, 0.1) is 29.1 Å². The van der Waals surface area contributed by atoms with E-state index in [0.717, 1.165) is 29.6 Å². The molecule has 0 N–H and O–H groups in total. The largest absolute Gasteiger partial charge is 0.496 e. The van der Waals surface area contributed by atoms with Crippen molar-refractivity contribution in [1.82, 2.24) is 4.98 Å². The van der Waals surface area contributed by atoms with E-state index >= 15 is 0 Å². The van der Waals surface area contributed by atoms with Gasteiger partial charge in [0.1, 0.15) is 0 Å². The Balaban J connectivity index is 1.41. The van der Waals surface area contributed by atoms with Crippen LogP contribution in [0.3, 0.4) is 0 Å². The number of rotatable bonds is 2. The first-order valence-corrected chi connectivity index (χ1v) is 9.45. The summed E-state index contributed by atoms with van der Waals surface area (Å²) in [6.45, 7) is 8.26. The first kappa shape index (κ1) is 16.5. The molecule has 2 aromatic rings. The fraction of sp³-hybridized carbons (Fsp3) is 0.476. The van der Waals surface area contributed by atoms with Gasteiger partial charge in [-0.2, -0.15) is 0 Å². The lowest BCUT2D eigenvalue weighted by atomic mass is 9.80. The third-order valence-corrected chi connectivity index (χ3v) is 6.41. The van der Waals surface area contributed by atoms with E-state index in [0.29, 0.717) is 6.10 Å². The summed E-state index contributed by atoms with van der Waals surface area (Å²) in [7, 11) is -0.370. The second kappa shape index (κ2) is 5.41. The van der Waals surface area contributed by atoms with E-state index in [9.17, 15) is 0 Å². The highest BCUT2D eigenvalue weighted by molar-refractivity contribution is 6.62. The Hall–Kier alpha value is -1.69. The molecule has 3 aliphatic rings. The second-order valence-corrected chi connectivity index (χ2v) is 8.60. The van der Waals surface area contributed by atoms with Gasteiger partial charge in [0.2, 0.25) is 0 Å². The lowest BCUT2D eigenvalue weighted by Gasteiger charge is -2.32. The van der Waals surface area contributed by atoms with Crippen LogP contribution in [0.1, 0.15) is 63.9 Å². The quantitative estimate of drug-likeness (QED) is 0.770. The highest BCUT2D eigenvalue weighted by Crippen LogP contribution is 2.51. The maximum atomic E-state index is 6.11. The molecule has 26 heavy (non-hydrogen) atoms. The first-order chi connectivity index (χ1) is 12.3. The van der Waals surface area contributed by atoms with E-state index in [1.807, 2.05) is 6.20 Å². The molecule has 0 amide bonds. The predicted octanol–water partition coefficient (Wildman–Crippen LogP) is 3.95. The summed E-state index contributed by atoms with van der Waals surface area (Å²) in [5, 5.41) is 0. The van der Waals surface area contributed by atoms with Gasteiger partial charge in [0.15, 0.2) is 0 Å². The van der Waals surface area contributed by atoms with Gasteiger partial charge in [-0.25, -0.2) is 0 Å².